The number of hydrogen-bond donors (Lipinski definition) is 3. The fourth-order valence-corrected chi connectivity index (χ4v) is 9.08. The molecule has 4 aliphatic rings. The molecule has 3 heterocycles. The van der Waals surface area contributed by atoms with E-state index in [1.807, 2.05) is 0 Å². The first-order chi connectivity index (χ1) is 22.2. The maximum atomic E-state index is 14.2. The Kier molecular flexibility index (Phi) is 8.69. The number of hydrogen-bond acceptors (Lipinski definition) is 13. The van der Waals surface area contributed by atoms with Gasteiger partial charge < -0.3 is 38.7 Å². The van der Waals surface area contributed by atoms with E-state index in [0.717, 1.165) is 6.92 Å². The number of cyclic esters (lactones) is 1. The van der Waals surface area contributed by atoms with Gasteiger partial charge in [-0.05, 0) is 30.0 Å². The van der Waals surface area contributed by atoms with E-state index in [-0.39, 0.29) is 12.0 Å². The summed E-state index contributed by atoms with van der Waals surface area (Å²) < 4.78 is 28.0. The van der Waals surface area contributed by atoms with Crippen molar-refractivity contribution in [2.75, 3.05) is 6.61 Å². The molecular formula is C34H42O14. The summed E-state index contributed by atoms with van der Waals surface area (Å²) in [4.78, 5) is 80.2. The Morgan fingerprint density at radius 3 is 2.27 bits per heavy atom. The van der Waals surface area contributed by atoms with Gasteiger partial charge in [-0.1, -0.05) is 34.3 Å². The first-order valence-corrected chi connectivity index (χ1v) is 15.9. The Labute approximate surface area is 276 Å². The zero-order valence-electron chi connectivity index (χ0n) is 27.7. The van der Waals surface area contributed by atoms with Crippen molar-refractivity contribution < 1.29 is 67.5 Å². The quantitative estimate of drug-likeness (QED) is 0.215. The molecule has 11 atom stereocenters. The minimum Gasteiger partial charge on any atom is -0.481 e. The highest BCUT2D eigenvalue weighted by Crippen LogP contribution is 2.69. The maximum absolute atomic E-state index is 14.2. The Hall–Kier alpha value is -4.04. The Balaban J connectivity index is 1.83. The predicted octanol–water partition coefficient (Wildman–Crippen LogP) is 2.10. The zero-order valence-corrected chi connectivity index (χ0v) is 27.7. The molecule has 11 unspecified atom stereocenters. The van der Waals surface area contributed by atoms with Crippen molar-refractivity contribution >= 4 is 35.6 Å². The fraction of sp³-hybridized carbons (Fsp3) is 0.647. The Morgan fingerprint density at radius 2 is 1.71 bits per heavy atom. The van der Waals surface area contributed by atoms with E-state index in [4.69, 9.17) is 23.4 Å². The van der Waals surface area contributed by atoms with Crippen LogP contribution in [0.4, 0.5) is 0 Å². The molecule has 2 aliphatic carbocycles. The molecule has 5 rings (SSSR count). The highest BCUT2D eigenvalue weighted by Gasteiger charge is 2.78. The highest BCUT2D eigenvalue weighted by atomic mass is 16.6. The number of carbonyl (C=O) groups excluding carboxylic acids is 5. The van der Waals surface area contributed by atoms with Gasteiger partial charge in [-0.2, -0.15) is 0 Å². The normalized spacial score (nSPS) is 40.2. The molecule has 262 valence electrons. The third kappa shape index (κ3) is 4.97. The Bertz CT molecular complexity index is 1550. The summed E-state index contributed by atoms with van der Waals surface area (Å²) in [5.41, 5.74) is -7.68. The maximum Gasteiger partial charge on any atom is 0.335 e. The lowest BCUT2D eigenvalue weighted by Gasteiger charge is -2.61. The van der Waals surface area contributed by atoms with Crippen LogP contribution in [-0.4, -0.2) is 87.1 Å². The fourth-order valence-electron chi connectivity index (χ4n) is 9.08. The van der Waals surface area contributed by atoms with Gasteiger partial charge in [0.2, 0.25) is 0 Å². The molecule has 1 aromatic heterocycles. The third-order valence-electron chi connectivity index (χ3n) is 11.5. The van der Waals surface area contributed by atoms with Crippen molar-refractivity contribution in [3.8, 4) is 0 Å². The summed E-state index contributed by atoms with van der Waals surface area (Å²) in [6.45, 7) is 12.4. The number of aliphatic hydroxyl groups is 2. The summed E-state index contributed by atoms with van der Waals surface area (Å²) in [6, 6.07) is 1.55. The summed E-state index contributed by atoms with van der Waals surface area (Å²) >= 11 is 0. The van der Waals surface area contributed by atoms with E-state index < -0.39 is 125 Å². The number of carbonyl (C=O) groups is 6. The van der Waals surface area contributed by atoms with Crippen molar-refractivity contribution in [2.24, 2.45) is 34.5 Å². The molecule has 14 heteroatoms. The molecule has 0 bridgehead atoms. The first kappa shape index (κ1) is 35.3. The van der Waals surface area contributed by atoms with Gasteiger partial charge in [-0.3, -0.25) is 24.0 Å². The molecule has 3 N–H and O–H groups in total. The van der Waals surface area contributed by atoms with Gasteiger partial charge in [0.05, 0.1) is 30.8 Å². The molecule has 0 amide bonds. The smallest absolute Gasteiger partial charge is 0.335 e. The number of rotatable bonds is 7. The third-order valence-corrected chi connectivity index (χ3v) is 11.5. The number of aliphatic carboxylic acids is 1. The number of carboxylic acid groups (broad SMARTS) is 1. The van der Waals surface area contributed by atoms with E-state index in [0.29, 0.717) is 5.56 Å². The van der Waals surface area contributed by atoms with E-state index >= 15 is 0 Å². The summed E-state index contributed by atoms with van der Waals surface area (Å²) in [7, 11) is 0. The second-order valence-corrected chi connectivity index (χ2v) is 14.5. The lowest BCUT2D eigenvalue weighted by atomic mass is 9.44. The van der Waals surface area contributed by atoms with Gasteiger partial charge in [0, 0.05) is 36.5 Å². The molecule has 1 aromatic rings. The van der Waals surface area contributed by atoms with Crippen molar-refractivity contribution in [3.63, 3.8) is 0 Å². The zero-order chi connectivity index (χ0) is 35.7. The van der Waals surface area contributed by atoms with Crippen LogP contribution in [0.1, 0.15) is 72.3 Å². The molecule has 4 fully saturated rings. The minimum absolute atomic E-state index is 0.277. The van der Waals surface area contributed by atoms with Gasteiger partial charge in [0.25, 0.3) is 0 Å². The second kappa shape index (κ2) is 11.8. The van der Waals surface area contributed by atoms with Crippen LogP contribution in [0.25, 0.3) is 0 Å². The number of fused-ring (bicyclic) bond motifs is 2. The predicted molar refractivity (Wildman–Crippen MR) is 160 cm³/mol. The molecule has 0 spiro atoms. The summed E-state index contributed by atoms with van der Waals surface area (Å²) in [6.07, 6.45) is -3.63. The van der Waals surface area contributed by atoms with Crippen LogP contribution < -0.4 is 0 Å². The highest BCUT2D eigenvalue weighted by molar-refractivity contribution is 5.97. The van der Waals surface area contributed by atoms with E-state index in [1.165, 1.54) is 33.3 Å². The van der Waals surface area contributed by atoms with Crippen LogP contribution in [0.3, 0.4) is 0 Å². The van der Waals surface area contributed by atoms with Crippen LogP contribution in [-0.2, 0) is 47.7 Å². The van der Waals surface area contributed by atoms with E-state index in [9.17, 15) is 44.1 Å². The van der Waals surface area contributed by atoms with Crippen molar-refractivity contribution in [1.82, 2.24) is 0 Å². The molecule has 2 saturated carbocycles. The minimum atomic E-state index is -2.56. The van der Waals surface area contributed by atoms with E-state index in [1.54, 1.807) is 19.9 Å². The summed E-state index contributed by atoms with van der Waals surface area (Å²) in [5.74, 6) is -12.0. The Morgan fingerprint density at radius 1 is 1.04 bits per heavy atom. The number of carboxylic acids is 1. The average Bonchev–Trinajstić information content (AvgIpc) is 3.58. The second-order valence-electron chi connectivity index (χ2n) is 14.5. The number of Topliss-reactive ketones (excluding diaryl/α,β-unsaturated/α-hetero) is 1. The van der Waals surface area contributed by atoms with Crippen LogP contribution in [0, 0.1) is 34.5 Å². The van der Waals surface area contributed by atoms with Crippen molar-refractivity contribution in [2.45, 2.75) is 96.2 Å². The van der Waals surface area contributed by atoms with Crippen LogP contribution in [0.5, 0.6) is 0 Å². The summed E-state index contributed by atoms with van der Waals surface area (Å²) in [5, 5.41) is 34.7. The molecular weight excluding hydrogens is 632 g/mol. The monoisotopic (exact) mass is 674 g/mol. The topological polar surface area (TPSA) is 213 Å². The molecule has 0 aromatic carbocycles. The first-order valence-electron chi connectivity index (χ1n) is 15.9. The van der Waals surface area contributed by atoms with Gasteiger partial charge in [0.15, 0.2) is 17.5 Å². The SMILES string of the molecule is C=C1C(C2(C)C(OC(C)=O)CC(=O)OC3(C)COC(=O)CC32)C(C(=O)O)C(OC(=O)C(O)C(C)C)C2(C)C(c3ccoc3)CC(=O)C12O. The van der Waals surface area contributed by atoms with Gasteiger partial charge >= 0.3 is 29.8 Å². The van der Waals surface area contributed by atoms with Crippen LogP contribution >= 0.6 is 0 Å². The molecule has 14 nitrogen and oxygen atoms in total. The number of furan rings is 1. The van der Waals surface area contributed by atoms with Gasteiger partial charge in [0.1, 0.15) is 30.3 Å². The largest absolute Gasteiger partial charge is 0.481 e. The number of ether oxygens (including phenoxy) is 4. The van der Waals surface area contributed by atoms with Crippen LogP contribution in [0.2, 0.25) is 0 Å². The van der Waals surface area contributed by atoms with E-state index in [2.05, 4.69) is 6.58 Å². The average molecular weight is 675 g/mol. The molecule has 48 heavy (non-hydrogen) atoms. The standard InChI is InChI=1S/C34H42O14/c1-15(2)27(39)30(42)47-28-25(29(40)41)26(16(3)34(43)21(36)10-19(33(28,34)7)18-8-9-44-13-18)32(6)20-11-23(37)45-14-31(20,5)48-24(38)12-22(32)46-17(4)35/h8-9,13,15,19-20,22,25-28,39,43H,3,10-12,14H2,1-2,4-7H3,(H,40,41). The van der Waals surface area contributed by atoms with Gasteiger partial charge in [-0.25, -0.2) is 4.79 Å². The molecule has 2 saturated heterocycles. The number of aliphatic hydroxyl groups excluding tert-OH is 1. The van der Waals surface area contributed by atoms with Crippen LogP contribution in [0.15, 0.2) is 35.2 Å². The number of ketones is 1. The lowest BCUT2D eigenvalue weighted by Crippen LogP contribution is -2.71. The molecule has 0 radical (unpaired) electrons. The van der Waals surface area contributed by atoms with Gasteiger partial charge in [-0.15, -0.1) is 0 Å². The lowest BCUT2D eigenvalue weighted by molar-refractivity contribution is -0.230. The van der Waals surface area contributed by atoms with Crippen molar-refractivity contribution in [3.05, 3.63) is 36.3 Å². The molecule has 2 aliphatic heterocycles. The van der Waals surface area contributed by atoms with Crippen molar-refractivity contribution in [1.29, 1.82) is 0 Å². The number of esters is 4.